The van der Waals surface area contributed by atoms with E-state index >= 15 is 0 Å². The fraction of sp³-hybridized carbons (Fsp3) is 0.188. The van der Waals surface area contributed by atoms with Crippen LogP contribution in [0.3, 0.4) is 0 Å². The number of hydrogen-bond donors (Lipinski definition) is 2. The van der Waals surface area contributed by atoms with Gasteiger partial charge in [-0.15, -0.1) is 0 Å². The van der Waals surface area contributed by atoms with Crippen LogP contribution in [0.15, 0.2) is 42.5 Å². The highest BCUT2D eigenvalue weighted by Crippen LogP contribution is 2.20. The van der Waals surface area contributed by atoms with E-state index in [1.54, 1.807) is 31.2 Å². The Morgan fingerprint density at radius 3 is 2.59 bits per heavy atom. The molecule has 0 aliphatic carbocycles. The fourth-order valence-corrected chi connectivity index (χ4v) is 2.09. The Morgan fingerprint density at radius 1 is 1.18 bits per heavy atom. The molecule has 6 heteroatoms. The summed E-state index contributed by atoms with van der Waals surface area (Å²) in [6.45, 7) is 1.78. The zero-order valence-electron chi connectivity index (χ0n) is 11.9. The molecule has 0 aliphatic heterocycles. The topological polar surface area (TPSA) is 41.1 Å². The van der Waals surface area contributed by atoms with Crippen LogP contribution in [0.2, 0.25) is 5.02 Å². The van der Waals surface area contributed by atoms with E-state index in [0.29, 0.717) is 16.3 Å². The zero-order chi connectivity index (χ0) is 16.1. The van der Waals surface area contributed by atoms with Gasteiger partial charge in [-0.05, 0) is 36.8 Å². The molecule has 0 spiro atoms. The van der Waals surface area contributed by atoms with E-state index in [-0.39, 0.29) is 18.5 Å². The van der Waals surface area contributed by atoms with Crippen LogP contribution in [-0.4, -0.2) is 12.5 Å². The average molecular weight is 325 g/mol. The van der Waals surface area contributed by atoms with Crippen molar-refractivity contribution in [3.05, 3.63) is 64.7 Å². The van der Waals surface area contributed by atoms with E-state index in [1.807, 2.05) is 0 Å². The summed E-state index contributed by atoms with van der Waals surface area (Å²) in [7, 11) is 0. The molecule has 3 nitrogen and oxygen atoms in total. The SMILES string of the molecule is C[C@H](NCC(=O)Nc1ccccc1Cl)c1ccc(F)c(F)c1. The number of benzene rings is 2. The van der Waals surface area contributed by atoms with Crippen LogP contribution in [0.4, 0.5) is 14.5 Å². The number of nitrogens with one attached hydrogen (secondary N) is 2. The maximum absolute atomic E-state index is 13.2. The first kappa shape index (κ1) is 16.4. The second-order valence-electron chi connectivity index (χ2n) is 4.80. The van der Waals surface area contributed by atoms with Gasteiger partial charge >= 0.3 is 0 Å². The van der Waals surface area contributed by atoms with Crippen LogP contribution >= 0.6 is 11.6 Å². The van der Waals surface area contributed by atoms with E-state index < -0.39 is 11.6 Å². The molecule has 0 saturated heterocycles. The molecule has 2 aromatic carbocycles. The molecule has 116 valence electrons. The second-order valence-corrected chi connectivity index (χ2v) is 5.21. The molecule has 0 aliphatic rings. The average Bonchev–Trinajstić information content (AvgIpc) is 2.50. The van der Waals surface area contributed by atoms with Crippen molar-refractivity contribution < 1.29 is 13.6 Å². The van der Waals surface area contributed by atoms with Crippen molar-refractivity contribution in [3.8, 4) is 0 Å². The van der Waals surface area contributed by atoms with Crippen LogP contribution in [-0.2, 0) is 4.79 Å². The predicted molar refractivity (Wildman–Crippen MR) is 82.9 cm³/mol. The van der Waals surface area contributed by atoms with Crippen molar-refractivity contribution in [2.45, 2.75) is 13.0 Å². The number of halogens is 3. The summed E-state index contributed by atoms with van der Waals surface area (Å²) in [6.07, 6.45) is 0. The highest BCUT2D eigenvalue weighted by Gasteiger charge is 2.11. The number of amides is 1. The van der Waals surface area contributed by atoms with Crippen LogP contribution < -0.4 is 10.6 Å². The minimum atomic E-state index is -0.910. The third-order valence-corrected chi connectivity index (χ3v) is 3.49. The fourth-order valence-electron chi connectivity index (χ4n) is 1.90. The van der Waals surface area contributed by atoms with Gasteiger partial charge in [0, 0.05) is 6.04 Å². The van der Waals surface area contributed by atoms with E-state index in [0.717, 1.165) is 12.1 Å². The molecule has 0 aromatic heterocycles. The molecule has 2 N–H and O–H groups in total. The smallest absolute Gasteiger partial charge is 0.238 e. The van der Waals surface area contributed by atoms with Gasteiger partial charge in [0.25, 0.3) is 0 Å². The van der Waals surface area contributed by atoms with Crippen molar-refractivity contribution in [1.82, 2.24) is 5.32 Å². The third-order valence-electron chi connectivity index (χ3n) is 3.16. The number of para-hydroxylation sites is 1. The van der Waals surface area contributed by atoms with Crippen molar-refractivity contribution in [1.29, 1.82) is 0 Å². The van der Waals surface area contributed by atoms with Crippen LogP contribution in [0.5, 0.6) is 0 Å². The Morgan fingerprint density at radius 2 is 1.91 bits per heavy atom. The summed E-state index contributed by atoms with van der Waals surface area (Å²) in [4.78, 5) is 11.9. The summed E-state index contributed by atoms with van der Waals surface area (Å²) in [5.74, 6) is -2.08. The molecular weight excluding hydrogens is 310 g/mol. The van der Waals surface area contributed by atoms with Gasteiger partial charge in [-0.2, -0.15) is 0 Å². The van der Waals surface area contributed by atoms with Gasteiger partial charge in [0.05, 0.1) is 17.3 Å². The molecule has 2 rings (SSSR count). The van der Waals surface area contributed by atoms with Gasteiger partial charge in [-0.1, -0.05) is 29.8 Å². The number of hydrogen-bond acceptors (Lipinski definition) is 2. The summed E-state index contributed by atoms with van der Waals surface area (Å²) < 4.78 is 26.1. The molecule has 0 fully saturated rings. The molecule has 0 bridgehead atoms. The van der Waals surface area contributed by atoms with Crippen molar-refractivity contribution in [3.63, 3.8) is 0 Å². The molecule has 1 amide bonds. The first-order valence-corrected chi connectivity index (χ1v) is 7.08. The van der Waals surface area contributed by atoms with Crippen molar-refractivity contribution in [2.24, 2.45) is 0 Å². The van der Waals surface area contributed by atoms with Crippen LogP contribution in [0.25, 0.3) is 0 Å². The lowest BCUT2D eigenvalue weighted by Crippen LogP contribution is -2.30. The molecule has 22 heavy (non-hydrogen) atoms. The highest BCUT2D eigenvalue weighted by atomic mass is 35.5. The quantitative estimate of drug-likeness (QED) is 0.875. The van der Waals surface area contributed by atoms with Crippen molar-refractivity contribution >= 4 is 23.2 Å². The maximum Gasteiger partial charge on any atom is 0.238 e. The third kappa shape index (κ3) is 4.26. The highest BCUT2D eigenvalue weighted by molar-refractivity contribution is 6.33. The van der Waals surface area contributed by atoms with Gasteiger partial charge in [0.2, 0.25) is 5.91 Å². The van der Waals surface area contributed by atoms with Gasteiger partial charge in [0.1, 0.15) is 0 Å². The van der Waals surface area contributed by atoms with E-state index in [9.17, 15) is 13.6 Å². The lowest BCUT2D eigenvalue weighted by atomic mass is 10.1. The van der Waals surface area contributed by atoms with Gasteiger partial charge in [-0.3, -0.25) is 4.79 Å². The summed E-state index contributed by atoms with van der Waals surface area (Å²) in [5, 5.41) is 6.06. The molecule has 0 radical (unpaired) electrons. The van der Waals surface area contributed by atoms with Crippen LogP contribution in [0, 0.1) is 11.6 Å². The lowest BCUT2D eigenvalue weighted by Gasteiger charge is -2.14. The zero-order valence-corrected chi connectivity index (χ0v) is 12.6. The largest absolute Gasteiger partial charge is 0.324 e. The van der Waals surface area contributed by atoms with E-state index in [4.69, 9.17) is 11.6 Å². The Hall–Kier alpha value is -1.98. The molecule has 2 aromatic rings. The van der Waals surface area contributed by atoms with E-state index in [2.05, 4.69) is 10.6 Å². The summed E-state index contributed by atoms with van der Waals surface area (Å²) in [5.41, 5.74) is 1.08. The van der Waals surface area contributed by atoms with Gasteiger partial charge in [0.15, 0.2) is 11.6 Å². The number of carbonyl (C=O) groups excluding carboxylic acids is 1. The number of rotatable bonds is 5. The van der Waals surface area contributed by atoms with Crippen molar-refractivity contribution in [2.75, 3.05) is 11.9 Å². The standard InChI is InChI=1S/C16H15ClF2N2O/c1-10(11-6-7-13(18)14(19)8-11)20-9-16(22)21-15-5-3-2-4-12(15)17/h2-8,10,20H,9H2,1H3,(H,21,22)/t10-/m0/s1. The Balaban J connectivity index is 1.90. The monoisotopic (exact) mass is 324 g/mol. The number of carbonyl (C=O) groups is 1. The maximum atomic E-state index is 13.2. The second kappa shape index (κ2) is 7.33. The Bertz CT molecular complexity index is 679. The first-order chi connectivity index (χ1) is 10.5. The predicted octanol–water partition coefficient (Wildman–Crippen LogP) is 3.91. The van der Waals surface area contributed by atoms with E-state index in [1.165, 1.54) is 6.07 Å². The molecular formula is C16H15ClF2N2O. The molecule has 0 saturated carbocycles. The molecule has 0 heterocycles. The van der Waals surface area contributed by atoms with Gasteiger partial charge in [-0.25, -0.2) is 8.78 Å². The molecule has 1 atom stereocenters. The number of anilines is 1. The van der Waals surface area contributed by atoms with Gasteiger partial charge < -0.3 is 10.6 Å². The minimum Gasteiger partial charge on any atom is -0.324 e. The minimum absolute atomic E-state index is 0.0192. The first-order valence-electron chi connectivity index (χ1n) is 6.70. The normalized spacial score (nSPS) is 12.0. The lowest BCUT2D eigenvalue weighted by molar-refractivity contribution is -0.115. The summed E-state index contributed by atoms with van der Waals surface area (Å²) >= 11 is 5.95. The Kier molecular flexibility index (Phi) is 5.46. The summed E-state index contributed by atoms with van der Waals surface area (Å²) in [6, 6.07) is 10.2. The Labute approximate surface area is 132 Å². The molecule has 0 unspecified atom stereocenters. The van der Waals surface area contributed by atoms with Crippen LogP contribution in [0.1, 0.15) is 18.5 Å².